The van der Waals surface area contributed by atoms with Crippen LogP contribution in [0.25, 0.3) is 0 Å². The van der Waals surface area contributed by atoms with Crippen molar-refractivity contribution < 1.29 is 23.9 Å². The number of hydrogen-bond donors (Lipinski definition) is 1. The van der Waals surface area contributed by atoms with Gasteiger partial charge in [-0.25, -0.2) is 4.79 Å². The van der Waals surface area contributed by atoms with Gasteiger partial charge in [0.25, 0.3) is 5.91 Å². The van der Waals surface area contributed by atoms with Gasteiger partial charge in [-0.05, 0) is 54.3 Å². The van der Waals surface area contributed by atoms with Gasteiger partial charge in [0.15, 0.2) is 12.7 Å². The van der Waals surface area contributed by atoms with E-state index in [1.165, 1.54) is 6.92 Å². The predicted octanol–water partition coefficient (Wildman–Crippen LogP) is 3.75. The van der Waals surface area contributed by atoms with Gasteiger partial charge < -0.3 is 14.8 Å². The Morgan fingerprint density at radius 1 is 1.04 bits per heavy atom. The summed E-state index contributed by atoms with van der Waals surface area (Å²) in [6, 6.07) is 13.9. The lowest BCUT2D eigenvalue weighted by molar-refractivity contribution is -0.155. The van der Waals surface area contributed by atoms with E-state index in [2.05, 4.69) is 26.1 Å². The molecule has 1 unspecified atom stereocenters. The number of rotatable bonds is 7. The van der Waals surface area contributed by atoms with Gasteiger partial charge in [-0.3, -0.25) is 9.59 Å². The van der Waals surface area contributed by atoms with E-state index in [0.717, 1.165) is 11.8 Å². The van der Waals surface area contributed by atoms with Crippen LogP contribution in [-0.2, 0) is 19.7 Å². The Morgan fingerprint density at radius 3 is 2.18 bits per heavy atom. The molecule has 0 aliphatic carbocycles. The Labute approximate surface area is 164 Å². The van der Waals surface area contributed by atoms with E-state index in [1.807, 2.05) is 24.3 Å². The van der Waals surface area contributed by atoms with Crippen molar-refractivity contribution in [1.82, 2.24) is 0 Å². The molecule has 6 nitrogen and oxygen atoms in total. The molecule has 0 fully saturated rings. The smallest absolute Gasteiger partial charge is 0.344 e. The number of amides is 1. The number of anilines is 1. The Hall–Kier alpha value is -3.15. The van der Waals surface area contributed by atoms with Crippen LogP contribution in [0.5, 0.6) is 5.75 Å². The van der Waals surface area contributed by atoms with Crippen LogP contribution >= 0.6 is 0 Å². The summed E-state index contributed by atoms with van der Waals surface area (Å²) in [5, 5.41) is 2.72. The number of nitrogens with one attached hydrogen (secondary N) is 1. The highest BCUT2D eigenvalue weighted by molar-refractivity contribution is 5.95. The van der Waals surface area contributed by atoms with Crippen molar-refractivity contribution in [2.45, 2.75) is 39.2 Å². The molecule has 2 aromatic rings. The summed E-state index contributed by atoms with van der Waals surface area (Å²) < 4.78 is 10.4. The Balaban J connectivity index is 1.82. The normalized spacial score (nSPS) is 12.0. The molecule has 0 heterocycles. The molecule has 2 aromatic carbocycles. The number of carbonyl (C=O) groups is 3. The van der Waals surface area contributed by atoms with Crippen molar-refractivity contribution in [3.63, 3.8) is 0 Å². The molecule has 0 aromatic heterocycles. The first-order valence-electron chi connectivity index (χ1n) is 8.98. The standard InChI is InChI=1S/C22H25NO5/c1-15(21(26)23-18-9-7-17(8-10-18)22(2,3)4)28-20(25)14-27-19-11-5-16(13-24)6-12-19/h5-13,15H,14H2,1-4H3,(H,23,26). The zero-order valence-corrected chi connectivity index (χ0v) is 16.5. The average Bonchev–Trinajstić information content (AvgIpc) is 2.66. The molecule has 6 heteroatoms. The summed E-state index contributed by atoms with van der Waals surface area (Å²) in [5.41, 5.74) is 2.32. The quantitative estimate of drug-likeness (QED) is 0.582. The average molecular weight is 383 g/mol. The van der Waals surface area contributed by atoms with Crippen LogP contribution in [0.2, 0.25) is 0 Å². The largest absolute Gasteiger partial charge is 0.482 e. The maximum absolute atomic E-state index is 12.2. The summed E-state index contributed by atoms with van der Waals surface area (Å²) in [5.74, 6) is -0.656. The second-order valence-corrected chi connectivity index (χ2v) is 7.42. The van der Waals surface area contributed by atoms with E-state index < -0.39 is 18.0 Å². The lowest BCUT2D eigenvalue weighted by Crippen LogP contribution is -2.31. The molecular formula is C22H25NO5. The molecule has 0 saturated heterocycles. The molecule has 28 heavy (non-hydrogen) atoms. The maximum atomic E-state index is 12.2. The molecule has 1 N–H and O–H groups in total. The van der Waals surface area contributed by atoms with E-state index in [-0.39, 0.29) is 12.0 Å². The van der Waals surface area contributed by atoms with E-state index in [4.69, 9.17) is 9.47 Å². The van der Waals surface area contributed by atoms with Crippen LogP contribution < -0.4 is 10.1 Å². The number of ether oxygens (including phenoxy) is 2. The molecule has 0 spiro atoms. The van der Waals surface area contributed by atoms with Gasteiger partial charge in [0, 0.05) is 11.3 Å². The van der Waals surface area contributed by atoms with Crippen molar-refractivity contribution in [3.05, 3.63) is 59.7 Å². The van der Waals surface area contributed by atoms with Gasteiger partial charge >= 0.3 is 5.97 Å². The van der Waals surface area contributed by atoms with Gasteiger partial charge in [0.2, 0.25) is 0 Å². The molecule has 148 valence electrons. The van der Waals surface area contributed by atoms with Crippen molar-refractivity contribution in [3.8, 4) is 5.75 Å². The minimum atomic E-state index is -0.962. The SMILES string of the molecule is CC(OC(=O)COc1ccc(C=O)cc1)C(=O)Nc1ccc(C(C)(C)C)cc1. The van der Waals surface area contributed by atoms with Crippen LogP contribution in [0, 0.1) is 0 Å². The van der Waals surface area contributed by atoms with Crippen molar-refractivity contribution in [2.24, 2.45) is 0 Å². The van der Waals surface area contributed by atoms with Crippen molar-refractivity contribution in [1.29, 1.82) is 0 Å². The van der Waals surface area contributed by atoms with Gasteiger partial charge in [0.1, 0.15) is 12.0 Å². The molecule has 1 amide bonds. The zero-order chi connectivity index (χ0) is 20.7. The molecule has 2 rings (SSSR count). The van der Waals surface area contributed by atoms with E-state index in [9.17, 15) is 14.4 Å². The Morgan fingerprint density at radius 2 is 1.64 bits per heavy atom. The molecule has 0 aliphatic rings. The van der Waals surface area contributed by atoms with Gasteiger partial charge in [-0.15, -0.1) is 0 Å². The fourth-order valence-electron chi connectivity index (χ4n) is 2.37. The summed E-state index contributed by atoms with van der Waals surface area (Å²) in [6.07, 6.45) is -0.245. The summed E-state index contributed by atoms with van der Waals surface area (Å²) >= 11 is 0. The minimum absolute atomic E-state index is 0.0267. The minimum Gasteiger partial charge on any atom is -0.482 e. The Kier molecular flexibility index (Phi) is 6.93. The number of aldehydes is 1. The zero-order valence-electron chi connectivity index (χ0n) is 16.5. The topological polar surface area (TPSA) is 81.7 Å². The summed E-state index contributed by atoms with van der Waals surface area (Å²) in [4.78, 5) is 34.7. The highest BCUT2D eigenvalue weighted by Gasteiger charge is 2.19. The first-order valence-corrected chi connectivity index (χ1v) is 8.98. The van der Waals surface area contributed by atoms with Crippen molar-refractivity contribution in [2.75, 3.05) is 11.9 Å². The number of carbonyl (C=O) groups excluding carboxylic acids is 3. The fourth-order valence-corrected chi connectivity index (χ4v) is 2.37. The molecular weight excluding hydrogens is 358 g/mol. The number of benzene rings is 2. The third-order valence-electron chi connectivity index (χ3n) is 4.07. The summed E-state index contributed by atoms with van der Waals surface area (Å²) in [6.45, 7) is 7.50. The number of esters is 1. The van der Waals surface area contributed by atoms with Gasteiger partial charge in [-0.1, -0.05) is 32.9 Å². The predicted molar refractivity (Wildman–Crippen MR) is 107 cm³/mol. The molecule has 1 atom stereocenters. The first kappa shape index (κ1) is 21.2. The third-order valence-corrected chi connectivity index (χ3v) is 4.07. The Bertz CT molecular complexity index is 820. The second-order valence-electron chi connectivity index (χ2n) is 7.42. The van der Waals surface area contributed by atoms with Crippen molar-refractivity contribution >= 4 is 23.9 Å². The van der Waals surface area contributed by atoms with Crippen LogP contribution in [0.3, 0.4) is 0 Å². The molecule has 0 radical (unpaired) electrons. The molecule has 0 saturated carbocycles. The van der Waals surface area contributed by atoms with E-state index >= 15 is 0 Å². The molecule has 0 bridgehead atoms. The van der Waals surface area contributed by atoms with E-state index in [0.29, 0.717) is 17.0 Å². The van der Waals surface area contributed by atoms with Gasteiger partial charge in [-0.2, -0.15) is 0 Å². The highest BCUT2D eigenvalue weighted by atomic mass is 16.6. The highest BCUT2D eigenvalue weighted by Crippen LogP contribution is 2.23. The monoisotopic (exact) mass is 383 g/mol. The maximum Gasteiger partial charge on any atom is 0.344 e. The first-order chi connectivity index (χ1) is 13.2. The van der Waals surface area contributed by atoms with Crippen LogP contribution in [0.4, 0.5) is 5.69 Å². The fraction of sp³-hybridized carbons (Fsp3) is 0.318. The van der Waals surface area contributed by atoms with E-state index in [1.54, 1.807) is 24.3 Å². The van der Waals surface area contributed by atoms with Crippen LogP contribution in [-0.4, -0.2) is 30.9 Å². The van der Waals surface area contributed by atoms with Crippen LogP contribution in [0.15, 0.2) is 48.5 Å². The third kappa shape index (κ3) is 6.23. The second kappa shape index (κ2) is 9.17. The lowest BCUT2D eigenvalue weighted by Gasteiger charge is -2.19. The number of hydrogen-bond acceptors (Lipinski definition) is 5. The van der Waals surface area contributed by atoms with Crippen LogP contribution in [0.1, 0.15) is 43.6 Å². The van der Waals surface area contributed by atoms with Gasteiger partial charge in [0.05, 0.1) is 0 Å². The molecule has 0 aliphatic heterocycles. The summed E-state index contributed by atoms with van der Waals surface area (Å²) in [7, 11) is 0. The lowest BCUT2D eigenvalue weighted by atomic mass is 9.87.